The van der Waals surface area contributed by atoms with E-state index in [2.05, 4.69) is 16.5 Å². The first-order valence-corrected chi connectivity index (χ1v) is 10.3. The summed E-state index contributed by atoms with van der Waals surface area (Å²) in [4.78, 5) is 34.4. The van der Waals surface area contributed by atoms with E-state index in [4.69, 9.17) is 4.42 Å². The monoisotopic (exact) mass is 395 g/mol. The van der Waals surface area contributed by atoms with Crippen LogP contribution < -0.4 is 5.56 Å². The number of aryl methyl sites for hydroxylation is 2. The van der Waals surface area contributed by atoms with E-state index in [1.807, 2.05) is 6.92 Å². The Hall–Kier alpha value is -2.67. The van der Waals surface area contributed by atoms with Crippen LogP contribution in [0.3, 0.4) is 0 Å². The van der Waals surface area contributed by atoms with Gasteiger partial charge in [0.15, 0.2) is 10.9 Å². The molecular formula is C21H21N3O3S. The molecule has 0 spiro atoms. The molecule has 3 aromatic rings. The fourth-order valence-corrected chi connectivity index (χ4v) is 4.33. The number of allylic oxidation sites excluding steroid dienone is 1. The molecule has 0 saturated heterocycles. The van der Waals surface area contributed by atoms with E-state index in [1.54, 1.807) is 29.0 Å². The minimum absolute atomic E-state index is 0.111. The molecule has 0 bridgehead atoms. The van der Waals surface area contributed by atoms with Gasteiger partial charge in [-0.2, -0.15) is 4.98 Å². The average Bonchev–Trinajstić information content (AvgIpc) is 3.07. The first-order chi connectivity index (χ1) is 13.5. The number of carbonyl (C=O) groups is 1. The normalized spacial score (nSPS) is 13.5. The lowest BCUT2D eigenvalue weighted by atomic mass is 9.97. The molecule has 0 N–H and O–H groups in total. The zero-order valence-corrected chi connectivity index (χ0v) is 16.6. The Bertz CT molecular complexity index is 1120. The highest BCUT2D eigenvalue weighted by molar-refractivity contribution is 7.99. The van der Waals surface area contributed by atoms with Gasteiger partial charge in [-0.25, -0.2) is 0 Å². The molecule has 0 aliphatic heterocycles. The highest BCUT2D eigenvalue weighted by atomic mass is 32.2. The summed E-state index contributed by atoms with van der Waals surface area (Å²) in [6.07, 6.45) is 5.39. The van der Waals surface area contributed by atoms with Crippen molar-refractivity contribution in [3.8, 4) is 0 Å². The molecule has 0 unspecified atom stereocenters. The van der Waals surface area contributed by atoms with Gasteiger partial charge in [0.05, 0.1) is 5.75 Å². The van der Waals surface area contributed by atoms with Crippen molar-refractivity contribution >= 4 is 28.6 Å². The van der Waals surface area contributed by atoms with Crippen molar-refractivity contribution in [2.75, 3.05) is 5.75 Å². The zero-order chi connectivity index (χ0) is 19.7. The molecule has 0 fully saturated rings. The molecular weight excluding hydrogens is 374 g/mol. The lowest BCUT2D eigenvalue weighted by molar-refractivity contribution is 0.101. The molecule has 1 aliphatic carbocycles. The Labute approximate surface area is 166 Å². The Kier molecular flexibility index (Phi) is 5.17. The SMILES string of the molecule is C=C(C)Cn1c(SCC(=O)c2ccccn2)nc2oc3c(c2c1=O)CCCC3. The van der Waals surface area contributed by atoms with Crippen LogP contribution in [0.4, 0.5) is 0 Å². The van der Waals surface area contributed by atoms with Crippen molar-refractivity contribution in [2.24, 2.45) is 0 Å². The number of rotatable bonds is 6. The second-order valence-electron chi connectivity index (χ2n) is 7.06. The maximum Gasteiger partial charge on any atom is 0.266 e. The number of ketones is 1. The van der Waals surface area contributed by atoms with Gasteiger partial charge >= 0.3 is 0 Å². The Morgan fingerprint density at radius 3 is 2.89 bits per heavy atom. The van der Waals surface area contributed by atoms with Crippen molar-refractivity contribution in [3.05, 3.63) is 63.9 Å². The summed E-state index contributed by atoms with van der Waals surface area (Å²) < 4.78 is 7.51. The van der Waals surface area contributed by atoms with Crippen molar-refractivity contribution in [2.45, 2.75) is 44.3 Å². The van der Waals surface area contributed by atoms with Crippen molar-refractivity contribution in [3.63, 3.8) is 0 Å². The maximum absolute atomic E-state index is 13.2. The van der Waals surface area contributed by atoms with Gasteiger partial charge in [-0.1, -0.05) is 30.0 Å². The quantitative estimate of drug-likeness (QED) is 0.273. The van der Waals surface area contributed by atoms with Crippen molar-refractivity contribution in [1.82, 2.24) is 14.5 Å². The molecule has 28 heavy (non-hydrogen) atoms. The molecule has 144 valence electrons. The number of hydrogen-bond acceptors (Lipinski definition) is 6. The minimum atomic E-state index is -0.118. The van der Waals surface area contributed by atoms with Crippen LogP contribution in [0.25, 0.3) is 11.1 Å². The van der Waals surface area contributed by atoms with E-state index in [0.29, 0.717) is 28.5 Å². The summed E-state index contributed by atoms with van der Waals surface area (Å²) in [5.74, 6) is 0.908. The largest absolute Gasteiger partial charge is 0.442 e. The number of pyridine rings is 1. The molecule has 4 rings (SSSR count). The van der Waals surface area contributed by atoms with Gasteiger partial charge in [-0.05, 0) is 38.3 Å². The summed E-state index contributed by atoms with van der Waals surface area (Å²) >= 11 is 1.23. The molecule has 0 amide bonds. The summed E-state index contributed by atoms with van der Waals surface area (Å²) in [7, 11) is 0. The van der Waals surface area contributed by atoms with Crippen LogP contribution in [-0.2, 0) is 19.4 Å². The van der Waals surface area contributed by atoms with E-state index < -0.39 is 0 Å². The number of thioether (sulfide) groups is 1. The molecule has 7 heteroatoms. The molecule has 3 aromatic heterocycles. The Balaban J connectivity index is 1.73. The summed E-state index contributed by atoms with van der Waals surface area (Å²) in [6.45, 7) is 6.17. The third kappa shape index (κ3) is 3.54. The second kappa shape index (κ2) is 7.75. The number of hydrogen-bond donors (Lipinski definition) is 0. The molecule has 1 aliphatic rings. The van der Waals surface area contributed by atoms with Gasteiger partial charge in [0.2, 0.25) is 5.71 Å². The number of nitrogens with zero attached hydrogens (tertiary/aromatic N) is 3. The standard InChI is InChI=1S/C21H21N3O3S/c1-13(2)11-24-20(26)18-14-7-3-4-9-17(14)27-19(18)23-21(24)28-12-16(25)15-8-5-6-10-22-15/h5-6,8,10H,1,3-4,7,9,11-12H2,2H3. The predicted molar refractivity (Wildman–Crippen MR) is 109 cm³/mol. The fourth-order valence-electron chi connectivity index (χ4n) is 3.47. The van der Waals surface area contributed by atoms with Crippen LogP contribution in [0, 0.1) is 0 Å². The van der Waals surface area contributed by atoms with E-state index in [-0.39, 0.29) is 17.1 Å². The van der Waals surface area contributed by atoms with Crippen LogP contribution in [-0.4, -0.2) is 26.1 Å². The van der Waals surface area contributed by atoms with Crippen LogP contribution >= 0.6 is 11.8 Å². The average molecular weight is 395 g/mol. The zero-order valence-electron chi connectivity index (χ0n) is 15.7. The van der Waals surface area contributed by atoms with Gasteiger partial charge in [0.25, 0.3) is 5.56 Å². The van der Waals surface area contributed by atoms with Crippen LogP contribution in [0.15, 0.2) is 50.9 Å². The van der Waals surface area contributed by atoms with Crippen LogP contribution in [0.2, 0.25) is 0 Å². The summed E-state index contributed by atoms with van der Waals surface area (Å²) in [6, 6.07) is 5.23. The number of Topliss-reactive ketones (excluding diaryl/α,β-unsaturated/α-hetero) is 1. The Morgan fingerprint density at radius 1 is 1.32 bits per heavy atom. The number of carbonyl (C=O) groups excluding carboxylic acids is 1. The number of fused-ring (bicyclic) bond motifs is 3. The first-order valence-electron chi connectivity index (χ1n) is 9.31. The predicted octanol–water partition coefficient (Wildman–Crippen LogP) is 3.81. The molecule has 0 saturated carbocycles. The van der Waals surface area contributed by atoms with Gasteiger partial charge in [0.1, 0.15) is 16.8 Å². The molecule has 0 radical (unpaired) electrons. The maximum atomic E-state index is 13.2. The third-order valence-corrected chi connectivity index (χ3v) is 5.73. The van der Waals surface area contributed by atoms with Gasteiger partial charge in [-0.15, -0.1) is 0 Å². The topological polar surface area (TPSA) is 78.0 Å². The molecule has 0 aromatic carbocycles. The molecule has 3 heterocycles. The van der Waals surface area contributed by atoms with E-state index in [9.17, 15) is 9.59 Å². The molecule has 0 atom stereocenters. The minimum Gasteiger partial charge on any atom is -0.442 e. The van der Waals surface area contributed by atoms with Gasteiger partial charge in [-0.3, -0.25) is 19.1 Å². The lowest BCUT2D eigenvalue weighted by Gasteiger charge is -2.12. The smallest absolute Gasteiger partial charge is 0.266 e. The highest BCUT2D eigenvalue weighted by Crippen LogP contribution is 2.30. The molecule has 6 nitrogen and oxygen atoms in total. The third-order valence-electron chi connectivity index (χ3n) is 4.75. The van der Waals surface area contributed by atoms with Crippen molar-refractivity contribution < 1.29 is 9.21 Å². The van der Waals surface area contributed by atoms with Gasteiger partial charge in [0, 0.05) is 24.7 Å². The first kappa shape index (κ1) is 18.7. The number of furan rings is 1. The lowest BCUT2D eigenvalue weighted by Crippen LogP contribution is -2.24. The van der Waals surface area contributed by atoms with Crippen LogP contribution in [0.1, 0.15) is 41.6 Å². The van der Waals surface area contributed by atoms with Gasteiger partial charge < -0.3 is 4.42 Å². The fraction of sp³-hybridized carbons (Fsp3) is 0.333. The summed E-state index contributed by atoms with van der Waals surface area (Å²) in [5, 5.41) is 1.05. The van der Waals surface area contributed by atoms with Crippen LogP contribution in [0.5, 0.6) is 0 Å². The summed E-state index contributed by atoms with van der Waals surface area (Å²) in [5.41, 5.74) is 2.50. The number of aromatic nitrogens is 3. The van der Waals surface area contributed by atoms with E-state index >= 15 is 0 Å². The Morgan fingerprint density at radius 2 is 2.14 bits per heavy atom. The second-order valence-corrected chi connectivity index (χ2v) is 8.00. The van der Waals surface area contributed by atoms with E-state index in [1.165, 1.54) is 11.8 Å². The van der Waals surface area contributed by atoms with Crippen molar-refractivity contribution in [1.29, 1.82) is 0 Å². The van der Waals surface area contributed by atoms with E-state index in [0.717, 1.165) is 42.6 Å². The highest BCUT2D eigenvalue weighted by Gasteiger charge is 2.24.